The smallest absolute Gasteiger partial charge is 0.220 e. The van der Waals surface area contributed by atoms with Crippen LogP contribution in [0.3, 0.4) is 0 Å². The summed E-state index contributed by atoms with van der Waals surface area (Å²) < 4.78 is 14.2. The van der Waals surface area contributed by atoms with E-state index in [1.807, 2.05) is 25.1 Å². The summed E-state index contributed by atoms with van der Waals surface area (Å²) in [6, 6.07) is 8.72. The van der Waals surface area contributed by atoms with E-state index < -0.39 is 0 Å². The molecule has 8 heteroatoms. The number of nitrogens with two attached hydrogens (primary N) is 1. The number of aryl methyl sites for hydroxylation is 1. The lowest BCUT2D eigenvalue weighted by atomic mass is 9.78. The zero-order chi connectivity index (χ0) is 22.1. The van der Waals surface area contributed by atoms with Gasteiger partial charge < -0.3 is 15.9 Å². The van der Waals surface area contributed by atoms with Gasteiger partial charge in [-0.25, -0.2) is 14.4 Å². The molecule has 2 aromatic heterocycles. The number of fused-ring (bicyclic) bond motifs is 1. The minimum atomic E-state index is -0.280. The molecule has 1 aliphatic heterocycles. The lowest BCUT2D eigenvalue weighted by molar-refractivity contribution is 0.0855. The van der Waals surface area contributed by atoms with Gasteiger partial charge in [0.25, 0.3) is 0 Å². The number of nitrogens with zero attached hydrogens (tertiary/aromatic N) is 4. The number of hydrogen-bond donors (Lipinski definition) is 2. The Kier molecular flexibility index (Phi) is 5.53. The summed E-state index contributed by atoms with van der Waals surface area (Å²) in [5.41, 5.74) is 12.0. The fraction of sp³-hybridized carbons (Fsp3) is 0.333. The van der Waals surface area contributed by atoms with Gasteiger partial charge in [0, 0.05) is 48.9 Å². The maximum Gasteiger partial charge on any atom is 0.220 e. The highest BCUT2D eigenvalue weighted by molar-refractivity contribution is 6.03. The van der Waals surface area contributed by atoms with E-state index in [0.29, 0.717) is 25.4 Å². The van der Waals surface area contributed by atoms with Crippen LogP contribution in [0.15, 0.2) is 47.9 Å². The van der Waals surface area contributed by atoms with Gasteiger partial charge in [-0.1, -0.05) is 17.3 Å². The first-order valence-electron chi connectivity index (χ1n) is 10.8. The summed E-state index contributed by atoms with van der Waals surface area (Å²) in [7, 11) is 0. The van der Waals surface area contributed by atoms with Gasteiger partial charge in [0.05, 0.1) is 17.1 Å². The van der Waals surface area contributed by atoms with E-state index >= 15 is 0 Å². The van der Waals surface area contributed by atoms with Crippen LogP contribution in [0.25, 0.3) is 11.1 Å². The number of benzene rings is 1. The zero-order valence-electron chi connectivity index (χ0n) is 17.9. The summed E-state index contributed by atoms with van der Waals surface area (Å²) in [6.45, 7) is 4.39. The molecule has 2 aliphatic rings. The van der Waals surface area contributed by atoms with E-state index in [2.05, 4.69) is 25.4 Å². The van der Waals surface area contributed by atoms with Crippen molar-refractivity contribution >= 4 is 11.7 Å². The lowest BCUT2D eigenvalue weighted by Crippen LogP contribution is -2.44. The third-order valence-electron chi connectivity index (χ3n) is 6.13. The fourth-order valence-electron chi connectivity index (χ4n) is 4.47. The molecule has 0 bridgehead atoms. The zero-order valence-corrected chi connectivity index (χ0v) is 17.9. The second-order valence-corrected chi connectivity index (χ2v) is 8.43. The van der Waals surface area contributed by atoms with Gasteiger partial charge in [0.2, 0.25) is 5.95 Å². The average molecular weight is 433 g/mol. The van der Waals surface area contributed by atoms with Crippen LogP contribution in [0, 0.1) is 18.7 Å². The third-order valence-corrected chi connectivity index (χ3v) is 6.13. The molecule has 0 radical (unpaired) electrons. The highest BCUT2D eigenvalue weighted by Gasteiger charge is 2.31. The molecule has 1 saturated heterocycles. The summed E-state index contributed by atoms with van der Waals surface area (Å²) in [4.78, 5) is 18.8. The predicted molar refractivity (Wildman–Crippen MR) is 121 cm³/mol. The van der Waals surface area contributed by atoms with E-state index in [9.17, 15) is 4.39 Å². The van der Waals surface area contributed by atoms with Crippen LogP contribution in [0.5, 0.6) is 0 Å². The topological polar surface area (TPSA) is 98.3 Å². The van der Waals surface area contributed by atoms with Crippen molar-refractivity contribution in [1.29, 1.82) is 0 Å². The van der Waals surface area contributed by atoms with Crippen molar-refractivity contribution in [2.75, 3.05) is 25.4 Å². The van der Waals surface area contributed by atoms with Crippen molar-refractivity contribution in [2.45, 2.75) is 25.7 Å². The molecule has 164 valence electrons. The van der Waals surface area contributed by atoms with Crippen molar-refractivity contribution in [3.05, 3.63) is 71.1 Å². The molecule has 3 heterocycles. The van der Waals surface area contributed by atoms with E-state index in [0.717, 1.165) is 52.4 Å². The summed E-state index contributed by atoms with van der Waals surface area (Å²) in [6.07, 6.45) is 4.77. The van der Waals surface area contributed by atoms with Gasteiger partial charge in [-0.05, 0) is 48.6 Å². The number of rotatable bonds is 5. The van der Waals surface area contributed by atoms with E-state index in [1.165, 1.54) is 6.07 Å². The van der Waals surface area contributed by atoms with Crippen LogP contribution in [0.4, 0.5) is 10.3 Å². The number of hydrogen-bond acceptors (Lipinski definition) is 7. The highest BCUT2D eigenvalue weighted by Crippen LogP contribution is 2.38. The first-order valence-corrected chi connectivity index (χ1v) is 10.8. The van der Waals surface area contributed by atoms with Gasteiger partial charge in [-0.2, -0.15) is 0 Å². The normalized spacial score (nSPS) is 19.4. The van der Waals surface area contributed by atoms with Crippen LogP contribution >= 0.6 is 0 Å². The molecular weight excluding hydrogens is 407 g/mol. The molecule has 1 fully saturated rings. The average Bonchev–Trinajstić information content (AvgIpc) is 2.75. The summed E-state index contributed by atoms with van der Waals surface area (Å²) >= 11 is 0. The third kappa shape index (κ3) is 4.05. The quantitative estimate of drug-likeness (QED) is 0.601. The van der Waals surface area contributed by atoms with Crippen LogP contribution in [-0.2, 0) is 11.3 Å². The van der Waals surface area contributed by atoms with Crippen molar-refractivity contribution in [3.63, 3.8) is 0 Å². The van der Waals surface area contributed by atoms with Gasteiger partial charge >= 0.3 is 0 Å². The Morgan fingerprint density at radius 2 is 2.09 bits per heavy atom. The Morgan fingerprint density at radius 3 is 2.84 bits per heavy atom. The SMILES string of the molecule is Cc1nc(N)nc2c1/C(=N/OCC1CNC1)CC(c1ccc(F)cc1-c1cccnc1)C2. The van der Waals surface area contributed by atoms with Gasteiger partial charge in [0.15, 0.2) is 0 Å². The molecule has 0 spiro atoms. The maximum absolute atomic E-state index is 14.2. The van der Waals surface area contributed by atoms with Gasteiger partial charge in [-0.15, -0.1) is 0 Å². The summed E-state index contributed by atoms with van der Waals surface area (Å²) in [5.74, 6) is 0.489. The molecule has 1 aliphatic carbocycles. The highest BCUT2D eigenvalue weighted by atomic mass is 19.1. The maximum atomic E-state index is 14.2. The van der Waals surface area contributed by atoms with Crippen LogP contribution in [0.2, 0.25) is 0 Å². The molecule has 3 aromatic rings. The Morgan fingerprint density at radius 1 is 1.22 bits per heavy atom. The molecule has 1 aromatic carbocycles. The molecule has 7 nitrogen and oxygen atoms in total. The van der Waals surface area contributed by atoms with Crippen molar-refractivity contribution < 1.29 is 9.23 Å². The number of halogens is 1. The molecule has 5 rings (SSSR count). The van der Waals surface area contributed by atoms with Crippen molar-refractivity contribution in [2.24, 2.45) is 11.1 Å². The first-order chi connectivity index (χ1) is 15.6. The monoisotopic (exact) mass is 432 g/mol. The summed E-state index contributed by atoms with van der Waals surface area (Å²) in [5, 5.41) is 7.75. The van der Waals surface area contributed by atoms with Crippen LogP contribution in [-0.4, -0.2) is 40.4 Å². The number of oxime groups is 1. The molecule has 0 saturated carbocycles. The van der Waals surface area contributed by atoms with Gasteiger partial charge in [0.1, 0.15) is 12.4 Å². The Hall–Kier alpha value is -3.39. The molecule has 1 atom stereocenters. The lowest BCUT2D eigenvalue weighted by Gasteiger charge is -2.29. The molecule has 1 unspecified atom stereocenters. The standard InChI is InChI=1S/C24H25FN6O/c1-14-23-21(30-24(26)29-14)7-17(8-22(23)31-32-13-15-10-28-11-15)19-5-4-18(25)9-20(19)16-3-2-6-27-12-16/h2-6,9,12,15,17,28H,7-8,10-11,13H2,1H3,(H2,26,29,30)/b31-22+. The number of nitrogens with one attached hydrogen (secondary N) is 1. The van der Waals surface area contributed by atoms with E-state index in [-0.39, 0.29) is 17.7 Å². The molecular formula is C24H25FN6O. The van der Waals surface area contributed by atoms with E-state index in [1.54, 1.807) is 18.5 Å². The molecule has 32 heavy (non-hydrogen) atoms. The number of pyridine rings is 1. The Balaban J connectivity index is 1.54. The van der Waals surface area contributed by atoms with Crippen LogP contribution < -0.4 is 11.1 Å². The van der Waals surface area contributed by atoms with E-state index in [4.69, 9.17) is 10.6 Å². The Bertz CT molecular complexity index is 1160. The first kappa shape index (κ1) is 20.5. The van der Waals surface area contributed by atoms with Crippen LogP contribution in [0.1, 0.15) is 34.9 Å². The predicted octanol–water partition coefficient (Wildman–Crippen LogP) is 3.24. The number of nitrogen functional groups attached to an aromatic ring is 1. The number of aromatic nitrogens is 3. The van der Waals surface area contributed by atoms with Crippen molar-refractivity contribution in [3.8, 4) is 11.1 Å². The van der Waals surface area contributed by atoms with Gasteiger partial charge in [-0.3, -0.25) is 4.98 Å². The Labute approximate surface area is 185 Å². The second-order valence-electron chi connectivity index (χ2n) is 8.43. The fourth-order valence-corrected chi connectivity index (χ4v) is 4.47. The minimum absolute atomic E-state index is 0.0414. The molecule has 0 amide bonds. The molecule has 3 N–H and O–H groups in total. The van der Waals surface area contributed by atoms with Crippen molar-refractivity contribution in [1.82, 2.24) is 20.3 Å². The second kappa shape index (κ2) is 8.63. The minimum Gasteiger partial charge on any atom is -0.395 e. The number of anilines is 1. The largest absolute Gasteiger partial charge is 0.395 e.